The average molecular weight is 337 g/mol. The summed E-state index contributed by atoms with van der Waals surface area (Å²) in [6, 6.07) is 0.427. The first-order valence-electron chi connectivity index (χ1n) is 5.50. The van der Waals surface area contributed by atoms with Crippen LogP contribution in [0.1, 0.15) is 33.6 Å². The Kier molecular flexibility index (Phi) is 12.4. The number of aliphatic imine (C=N–C) groups is 1. The first-order valence-corrected chi connectivity index (χ1v) is 5.50. The van der Waals surface area contributed by atoms with Crippen LogP contribution in [0, 0.1) is 18.3 Å². The van der Waals surface area contributed by atoms with Gasteiger partial charge >= 0.3 is 0 Å². The van der Waals surface area contributed by atoms with Gasteiger partial charge in [-0.2, -0.15) is 0 Å². The average Bonchev–Trinajstić information content (AvgIpc) is 2.21. The smallest absolute Gasteiger partial charge is 0.191 e. The minimum Gasteiger partial charge on any atom is -0.354 e. The Morgan fingerprint density at radius 2 is 1.94 bits per heavy atom. The summed E-state index contributed by atoms with van der Waals surface area (Å²) in [5.74, 6) is 4.05. The number of hydrogen-bond donors (Lipinski definition) is 2. The fourth-order valence-electron chi connectivity index (χ4n) is 1.22. The number of nitrogens with zero attached hydrogens (tertiary/aromatic N) is 1. The molecule has 0 amide bonds. The highest BCUT2D eigenvalue weighted by Gasteiger charge is 2.05. The molecule has 0 aliphatic heterocycles. The Labute approximate surface area is 117 Å². The summed E-state index contributed by atoms with van der Waals surface area (Å²) < 4.78 is 0. The first kappa shape index (κ1) is 17.9. The van der Waals surface area contributed by atoms with Gasteiger partial charge in [0.15, 0.2) is 5.96 Å². The number of halogens is 1. The zero-order valence-corrected chi connectivity index (χ0v) is 13.0. The van der Waals surface area contributed by atoms with Gasteiger partial charge in [0.1, 0.15) is 0 Å². The lowest BCUT2D eigenvalue weighted by molar-refractivity contribution is 0.490. The number of guanidine groups is 1. The normalized spacial score (nSPS) is 12.6. The molecule has 1 unspecified atom stereocenters. The molecule has 1 atom stereocenters. The third-order valence-corrected chi connectivity index (χ3v) is 2.14. The van der Waals surface area contributed by atoms with Crippen molar-refractivity contribution in [3.63, 3.8) is 0 Å². The van der Waals surface area contributed by atoms with Crippen molar-refractivity contribution in [1.29, 1.82) is 0 Å². The van der Waals surface area contributed by atoms with Gasteiger partial charge in [0.05, 0.1) is 6.54 Å². The van der Waals surface area contributed by atoms with Gasteiger partial charge in [0.25, 0.3) is 0 Å². The molecule has 0 aliphatic rings. The number of hydrogen-bond acceptors (Lipinski definition) is 1. The molecule has 0 saturated carbocycles. The molecule has 0 saturated heterocycles. The SMILES string of the molecule is C#CCNC(=NC)NC(C)CCC(C)C.I. The summed E-state index contributed by atoms with van der Waals surface area (Å²) in [5, 5.41) is 6.34. The van der Waals surface area contributed by atoms with Crippen molar-refractivity contribution in [2.24, 2.45) is 10.9 Å². The Morgan fingerprint density at radius 1 is 1.31 bits per heavy atom. The van der Waals surface area contributed by atoms with Crippen LogP contribution in [0.2, 0.25) is 0 Å². The van der Waals surface area contributed by atoms with Gasteiger partial charge in [-0.25, -0.2) is 0 Å². The van der Waals surface area contributed by atoms with Gasteiger partial charge in [-0.15, -0.1) is 30.4 Å². The van der Waals surface area contributed by atoms with E-state index in [-0.39, 0.29) is 24.0 Å². The lowest BCUT2D eigenvalue weighted by Gasteiger charge is -2.17. The molecule has 0 radical (unpaired) electrons. The molecule has 0 spiro atoms. The summed E-state index contributed by atoms with van der Waals surface area (Å²) in [5.41, 5.74) is 0. The molecule has 3 nitrogen and oxygen atoms in total. The number of rotatable bonds is 5. The molecule has 94 valence electrons. The van der Waals surface area contributed by atoms with E-state index in [9.17, 15) is 0 Å². The molecule has 0 aromatic heterocycles. The van der Waals surface area contributed by atoms with E-state index in [4.69, 9.17) is 6.42 Å². The molecule has 2 N–H and O–H groups in total. The second-order valence-corrected chi connectivity index (χ2v) is 4.15. The van der Waals surface area contributed by atoms with Crippen LogP contribution in [-0.4, -0.2) is 25.6 Å². The Bertz CT molecular complexity index is 231. The molecule has 0 heterocycles. The van der Waals surface area contributed by atoms with Crippen LogP contribution in [0.5, 0.6) is 0 Å². The third kappa shape index (κ3) is 10.1. The molecule has 0 aromatic rings. The van der Waals surface area contributed by atoms with E-state index in [0.717, 1.165) is 18.3 Å². The van der Waals surface area contributed by atoms with Crippen molar-refractivity contribution in [1.82, 2.24) is 10.6 Å². The molecule has 0 aromatic carbocycles. The summed E-state index contributed by atoms with van der Waals surface area (Å²) >= 11 is 0. The van der Waals surface area contributed by atoms with Gasteiger partial charge in [-0.05, 0) is 25.7 Å². The van der Waals surface area contributed by atoms with Crippen molar-refractivity contribution in [2.45, 2.75) is 39.7 Å². The quantitative estimate of drug-likeness (QED) is 0.349. The predicted molar refractivity (Wildman–Crippen MR) is 82.3 cm³/mol. The van der Waals surface area contributed by atoms with Crippen molar-refractivity contribution < 1.29 is 0 Å². The first-order chi connectivity index (χ1) is 7.10. The van der Waals surface area contributed by atoms with E-state index in [1.54, 1.807) is 7.05 Å². The van der Waals surface area contributed by atoms with E-state index in [2.05, 4.69) is 42.3 Å². The zero-order valence-electron chi connectivity index (χ0n) is 10.7. The maximum atomic E-state index is 5.17. The van der Waals surface area contributed by atoms with E-state index >= 15 is 0 Å². The summed E-state index contributed by atoms with van der Waals surface area (Å²) in [4.78, 5) is 4.09. The molecule has 0 rings (SSSR count). The minimum absolute atomic E-state index is 0. The summed E-state index contributed by atoms with van der Waals surface area (Å²) in [6.07, 6.45) is 7.54. The summed E-state index contributed by atoms with van der Waals surface area (Å²) in [7, 11) is 1.75. The van der Waals surface area contributed by atoms with E-state index < -0.39 is 0 Å². The van der Waals surface area contributed by atoms with Crippen LogP contribution in [0.4, 0.5) is 0 Å². The van der Waals surface area contributed by atoms with Crippen LogP contribution < -0.4 is 10.6 Å². The molecular formula is C12H24IN3. The molecule has 0 fully saturated rings. The lowest BCUT2D eigenvalue weighted by atomic mass is 10.0. The van der Waals surface area contributed by atoms with Crippen molar-refractivity contribution in [3.8, 4) is 12.3 Å². The van der Waals surface area contributed by atoms with Crippen molar-refractivity contribution >= 4 is 29.9 Å². The van der Waals surface area contributed by atoms with Gasteiger partial charge in [0, 0.05) is 13.1 Å². The van der Waals surface area contributed by atoms with Crippen LogP contribution in [-0.2, 0) is 0 Å². The van der Waals surface area contributed by atoms with E-state index in [0.29, 0.717) is 12.6 Å². The highest BCUT2D eigenvalue weighted by atomic mass is 127. The largest absolute Gasteiger partial charge is 0.354 e. The van der Waals surface area contributed by atoms with E-state index in [1.807, 2.05) is 0 Å². The monoisotopic (exact) mass is 337 g/mol. The van der Waals surface area contributed by atoms with Gasteiger partial charge < -0.3 is 10.6 Å². The topological polar surface area (TPSA) is 36.4 Å². The Balaban J connectivity index is 0. The third-order valence-electron chi connectivity index (χ3n) is 2.14. The lowest BCUT2D eigenvalue weighted by Crippen LogP contribution is -2.42. The van der Waals surface area contributed by atoms with Crippen LogP contribution in [0.15, 0.2) is 4.99 Å². The second-order valence-electron chi connectivity index (χ2n) is 4.15. The molecule has 16 heavy (non-hydrogen) atoms. The maximum Gasteiger partial charge on any atom is 0.191 e. The number of terminal acetylenes is 1. The Hall–Kier alpha value is -0.440. The van der Waals surface area contributed by atoms with Gasteiger partial charge in [-0.3, -0.25) is 4.99 Å². The fraction of sp³-hybridized carbons (Fsp3) is 0.750. The zero-order chi connectivity index (χ0) is 11.7. The predicted octanol–water partition coefficient (Wildman–Crippen LogP) is 2.23. The van der Waals surface area contributed by atoms with Crippen molar-refractivity contribution in [2.75, 3.05) is 13.6 Å². The highest BCUT2D eigenvalue weighted by Crippen LogP contribution is 2.05. The second kappa shape index (κ2) is 11.1. The molecule has 4 heteroatoms. The standard InChI is InChI=1S/C12H23N3.HI/c1-6-9-14-12(13-5)15-11(4)8-7-10(2)3;/h1,10-11H,7-9H2,2-5H3,(H2,13,14,15);1H. The Morgan fingerprint density at radius 3 is 2.38 bits per heavy atom. The molecular weight excluding hydrogens is 313 g/mol. The van der Waals surface area contributed by atoms with Crippen molar-refractivity contribution in [3.05, 3.63) is 0 Å². The summed E-state index contributed by atoms with van der Waals surface area (Å²) in [6.45, 7) is 7.14. The van der Waals surface area contributed by atoms with Crippen LogP contribution >= 0.6 is 24.0 Å². The number of nitrogens with one attached hydrogen (secondary N) is 2. The van der Waals surface area contributed by atoms with Crippen LogP contribution in [0.3, 0.4) is 0 Å². The maximum absolute atomic E-state index is 5.17. The molecule has 0 aliphatic carbocycles. The highest BCUT2D eigenvalue weighted by molar-refractivity contribution is 14.0. The molecule has 0 bridgehead atoms. The van der Waals surface area contributed by atoms with E-state index in [1.165, 1.54) is 6.42 Å². The fourth-order valence-corrected chi connectivity index (χ4v) is 1.22. The van der Waals surface area contributed by atoms with Gasteiger partial charge in [0.2, 0.25) is 0 Å². The van der Waals surface area contributed by atoms with Gasteiger partial charge in [-0.1, -0.05) is 19.8 Å². The minimum atomic E-state index is 0. The van der Waals surface area contributed by atoms with Crippen LogP contribution in [0.25, 0.3) is 0 Å².